The van der Waals surface area contributed by atoms with Crippen LogP contribution in [0.2, 0.25) is 0 Å². The van der Waals surface area contributed by atoms with Crippen molar-refractivity contribution in [3.05, 3.63) is 24.3 Å². The molecule has 1 amide bonds. The highest BCUT2D eigenvalue weighted by Crippen LogP contribution is 2.24. The van der Waals surface area contributed by atoms with Crippen molar-refractivity contribution in [2.24, 2.45) is 0 Å². The summed E-state index contributed by atoms with van der Waals surface area (Å²) in [6, 6.07) is 9.69. The Bertz CT molecular complexity index is 494. The van der Waals surface area contributed by atoms with Crippen LogP contribution in [0.3, 0.4) is 0 Å². The van der Waals surface area contributed by atoms with Crippen LogP contribution in [-0.4, -0.2) is 12.5 Å². The SMILES string of the molecule is CCCCCCC(=O)Nc1ccccc1OCCCCCC#N. The van der Waals surface area contributed by atoms with Crippen molar-refractivity contribution in [1.29, 1.82) is 5.26 Å². The molecule has 0 unspecified atom stereocenters. The van der Waals surface area contributed by atoms with E-state index in [-0.39, 0.29) is 5.91 Å². The van der Waals surface area contributed by atoms with E-state index in [9.17, 15) is 4.79 Å². The van der Waals surface area contributed by atoms with Crippen LogP contribution in [0.25, 0.3) is 0 Å². The molecule has 1 N–H and O–H groups in total. The highest BCUT2D eigenvalue weighted by Gasteiger charge is 2.07. The zero-order valence-electron chi connectivity index (χ0n) is 14.1. The number of carbonyl (C=O) groups is 1. The number of nitrogens with one attached hydrogen (secondary N) is 1. The van der Waals surface area contributed by atoms with Gasteiger partial charge in [0, 0.05) is 12.8 Å². The van der Waals surface area contributed by atoms with Crippen molar-refractivity contribution in [3.63, 3.8) is 0 Å². The van der Waals surface area contributed by atoms with E-state index in [1.54, 1.807) is 0 Å². The maximum absolute atomic E-state index is 12.0. The molecule has 0 fully saturated rings. The summed E-state index contributed by atoms with van der Waals surface area (Å²) in [6.07, 6.45) is 8.36. The van der Waals surface area contributed by atoms with E-state index < -0.39 is 0 Å². The van der Waals surface area contributed by atoms with Crippen molar-refractivity contribution in [2.75, 3.05) is 11.9 Å². The Balaban J connectivity index is 2.35. The van der Waals surface area contributed by atoms with Crippen LogP contribution >= 0.6 is 0 Å². The van der Waals surface area contributed by atoms with Crippen LogP contribution in [0.15, 0.2) is 24.3 Å². The Kier molecular flexibility index (Phi) is 10.4. The Hall–Kier alpha value is -2.02. The number of hydrogen-bond donors (Lipinski definition) is 1. The van der Waals surface area contributed by atoms with Gasteiger partial charge in [-0.05, 0) is 37.8 Å². The molecule has 0 spiro atoms. The van der Waals surface area contributed by atoms with E-state index in [0.29, 0.717) is 19.4 Å². The lowest BCUT2D eigenvalue weighted by atomic mass is 10.1. The quantitative estimate of drug-likeness (QED) is 0.548. The Morgan fingerprint density at radius 2 is 1.91 bits per heavy atom. The fourth-order valence-corrected chi connectivity index (χ4v) is 2.29. The maximum atomic E-state index is 12.0. The number of amides is 1. The molecule has 4 heteroatoms. The van der Waals surface area contributed by atoms with Crippen LogP contribution in [-0.2, 0) is 4.79 Å². The third-order valence-electron chi connectivity index (χ3n) is 3.61. The topological polar surface area (TPSA) is 62.1 Å². The largest absolute Gasteiger partial charge is 0.491 e. The summed E-state index contributed by atoms with van der Waals surface area (Å²) < 4.78 is 5.76. The molecule has 0 saturated heterocycles. The summed E-state index contributed by atoms with van der Waals surface area (Å²) in [5, 5.41) is 11.4. The van der Waals surface area contributed by atoms with Crippen LogP contribution in [0.4, 0.5) is 5.69 Å². The Morgan fingerprint density at radius 3 is 2.70 bits per heavy atom. The molecule has 1 aromatic rings. The number of nitriles is 1. The highest BCUT2D eigenvalue weighted by molar-refractivity contribution is 5.92. The minimum absolute atomic E-state index is 0.0474. The smallest absolute Gasteiger partial charge is 0.224 e. The summed E-state index contributed by atoms with van der Waals surface area (Å²) in [5.41, 5.74) is 0.741. The molecular weight excluding hydrogens is 288 g/mol. The van der Waals surface area contributed by atoms with E-state index in [1.165, 1.54) is 12.8 Å². The van der Waals surface area contributed by atoms with Gasteiger partial charge in [0.2, 0.25) is 5.91 Å². The number of unbranched alkanes of at least 4 members (excludes halogenated alkanes) is 6. The first kappa shape index (κ1) is 19.0. The summed E-state index contributed by atoms with van der Waals surface area (Å²) in [4.78, 5) is 12.0. The molecule has 0 aliphatic heterocycles. The molecule has 0 saturated carbocycles. The van der Waals surface area contributed by atoms with Crippen LogP contribution in [0.1, 0.15) is 64.7 Å². The zero-order chi connectivity index (χ0) is 16.8. The standard InChI is InChI=1S/C19H28N2O2/c1-2-3-4-7-14-19(22)21-17-12-8-9-13-18(17)23-16-11-6-5-10-15-20/h8-9,12-13H,2-7,10-11,14,16H2,1H3,(H,21,22). The molecule has 0 aliphatic carbocycles. The van der Waals surface area contributed by atoms with Crippen LogP contribution in [0.5, 0.6) is 5.75 Å². The van der Waals surface area contributed by atoms with E-state index in [1.807, 2.05) is 24.3 Å². The van der Waals surface area contributed by atoms with Gasteiger partial charge in [0.05, 0.1) is 18.4 Å². The molecule has 0 atom stereocenters. The predicted octanol–water partition coefficient (Wildman–Crippen LogP) is 5.06. The second kappa shape index (κ2) is 12.5. The third-order valence-corrected chi connectivity index (χ3v) is 3.61. The fraction of sp³-hybridized carbons (Fsp3) is 0.579. The highest BCUT2D eigenvalue weighted by atomic mass is 16.5. The van der Waals surface area contributed by atoms with Gasteiger partial charge in [-0.1, -0.05) is 38.3 Å². The Morgan fingerprint density at radius 1 is 1.13 bits per heavy atom. The first-order valence-electron chi connectivity index (χ1n) is 8.66. The van der Waals surface area contributed by atoms with Crippen LogP contribution in [0, 0.1) is 11.3 Å². The molecule has 0 aliphatic rings. The molecule has 0 heterocycles. The number of para-hydroxylation sites is 2. The van der Waals surface area contributed by atoms with Gasteiger partial charge in [0.25, 0.3) is 0 Å². The van der Waals surface area contributed by atoms with Gasteiger partial charge in [0.15, 0.2) is 0 Å². The number of anilines is 1. The van der Waals surface area contributed by atoms with E-state index in [2.05, 4.69) is 18.3 Å². The van der Waals surface area contributed by atoms with E-state index in [4.69, 9.17) is 10.00 Å². The number of rotatable bonds is 12. The second-order valence-electron chi connectivity index (χ2n) is 5.67. The first-order valence-corrected chi connectivity index (χ1v) is 8.66. The molecule has 0 bridgehead atoms. The molecule has 1 rings (SSSR count). The van der Waals surface area contributed by atoms with Gasteiger partial charge >= 0.3 is 0 Å². The van der Waals surface area contributed by atoms with Gasteiger partial charge in [0.1, 0.15) is 5.75 Å². The van der Waals surface area contributed by atoms with Gasteiger partial charge in [-0.3, -0.25) is 4.79 Å². The summed E-state index contributed by atoms with van der Waals surface area (Å²) in [7, 11) is 0. The van der Waals surface area contributed by atoms with Crippen molar-refractivity contribution in [1.82, 2.24) is 0 Å². The van der Waals surface area contributed by atoms with Crippen molar-refractivity contribution >= 4 is 11.6 Å². The van der Waals surface area contributed by atoms with Gasteiger partial charge < -0.3 is 10.1 Å². The number of nitrogens with zero attached hydrogens (tertiary/aromatic N) is 1. The van der Waals surface area contributed by atoms with Gasteiger partial charge in [-0.15, -0.1) is 0 Å². The maximum Gasteiger partial charge on any atom is 0.224 e. The molecule has 0 radical (unpaired) electrons. The van der Waals surface area contributed by atoms with Crippen molar-refractivity contribution < 1.29 is 9.53 Å². The van der Waals surface area contributed by atoms with Crippen molar-refractivity contribution in [2.45, 2.75) is 64.7 Å². The van der Waals surface area contributed by atoms with E-state index >= 15 is 0 Å². The number of carbonyl (C=O) groups excluding carboxylic acids is 1. The lowest BCUT2D eigenvalue weighted by Gasteiger charge is -2.12. The number of hydrogen-bond acceptors (Lipinski definition) is 3. The van der Waals surface area contributed by atoms with Crippen LogP contribution < -0.4 is 10.1 Å². The minimum Gasteiger partial charge on any atom is -0.491 e. The summed E-state index contributed by atoms with van der Waals surface area (Å²) in [5.74, 6) is 0.765. The fourth-order valence-electron chi connectivity index (χ4n) is 2.29. The molecule has 126 valence electrons. The molecule has 4 nitrogen and oxygen atoms in total. The molecule has 1 aromatic carbocycles. The summed E-state index contributed by atoms with van der Waals surface area (Å²) >= 11 is 0. The monoisotopic (exact) mass is 316 g/mol. The minimum atomic E-state index is 0.0474. The Labute approximate surface area is 139 Å². The van der Waals surface area contributed by atoms with Gasteiger partial charge in [-0.2, -0.15) is 5.26 Å². The first-order chi connectivity index (χ1) is 11.3. The average Bonchev–Trinajstić information content (AvgIpc) is 2.56. The molecular formula is C19H28N2O2. The summed E-state index contributed by atoms with van der Waals surface area (Å²) in [6.45, 7) is 2.77. The molecule has 23 heavy (non-hydrogen) atoms. The lowest BCUT2D eigenvalue weighted by Crippen LogP contribution is -2.12. The van der Waals surface area contributed by atoms with Gasteiger partial charge in [-0.25, -0.2) is 0 Å². The number of benzene rings is 1. The second-order valence-corrected chi connectivity index (χ2v) is 5.67. The predicted molar refractivity (Wildman–Crippen MR) is 93.4 cm³/mol. The average molecular weight is 316 g/mol. The number of ether oxygens (including phenoxy) is 1. The zero-order valence-corrected chi connectivity index (χ0v) is 14.1. The molecule has 0 aromatic heterocycles. The van der Waals surface area contributed by atoms with E-state index in [0.717, 1.165) is 43.5 Å². The normalized spacial score (nSPS) is 10.1. The lowest BCUT2D eigenvalue weighted by molar-refractivity contribution is -0.116. The third kappa shape index (κ3) is 8.87. The van der Waals surface area contributed by atoms with Crippen molar-refractivity contribution in [3.8, 4) is 11.8 Å².